The minimum absolute atomic E-state index is 0.172. The van der Waals surface area contributed by atoms with Crippen LogP contribution in [0.2, 0.25) is 0 Å². The maximum atomic E-state index is 12.3. The number of hydrogen-bond acceptors (Lipinski definition) is 3. The van der Waals surface area contributed by atoms with Gasteiger partial charge in [-0.05, 0) is 44.4 Å². The SMILES string of the molecule is Cc1ccn(-c2ccccc2NCC(=O)N2CCCCC2)n1. The van der Waals surface area contributed by atoms with Crippen molar-refractivity contribution in [1.82, 2.24) is 14.7 Å². The van der Waals surface area contributed by atoms with E-state index in [0.29, 0.717) is 6.54 Å². The van der Waals surface area contributed by atoms with Gasteiger partial charge in [0.2, 0.25) is 5.91 Å². The lowest BCUT2D eigenvalue weighted by atomic mass is 10.1. The molecule has 1 aromatic carbocycles. The lowest BCUT2D eigenvalue weighted by Crippen LogP contribution is -2.39. The summed E-state index contributed by atoms with van der Waals surface area (Å²) in [6.07, 6.45) is 5.41. The predicted octanol–water partition coefficient (Wildman–Crippen LogP) is 2.61. The van der Waals surface area contributed by atoms with E-state index in [1.807, 2.05) is 53.0 Å². The second-order valence-electron chi connectivity index (χ2n) is 5.71. The molecule has 2 aromatic rings. The number of nitrogens with zero attached hydrogens (tertiary/aromatic N) is 3. The van der Waals surface area contributed by atoms with Crippen LogP contribution in [0, 0.1) is 6.92 Å². The van der Waals surface area contributed by atoms with Crippen LogP contribution in [-0.4, -0.2) is 40.2 Å². The normalized spacial score (nSPS) is 14.9. The minimum Gasteiger partial charge on any atom is -0.374 e. The number of hydrogen-bond donors (Lipinski definition) is 1. The lowest BCUT2D eigenvalue weighted by Gasteiger charge is -2.27. The van der Waals surface area contributed by atoms with Crippen molar-refractivity contribution in [2.24, 2.45) is 0 Å². The first kappa shape index (κ1) is 14.6. The molecule has 1 fully saturated rings. The Kier molecular flexibility index (Phi) is 4.42. The van der Waals surface area contributed by atoms with Crippen molar-refractivity contribution in [2.75, 3.05) is 25.0 Å². The van der Waals surface area contributed by atoms with Crippen LogP contribution < -0.4 is 5.32 Å². The Labute approximate surface area is 130 Å². The van der Waals surface area contributed by atoms with Crippen LogP contribution in [0.5, 0.6) is 0 Å². The summed E-state index contributed by atoms with van der Waals surface area (Å²) in [4.78, 5) is 14.2. The summed E-state index contributed by atoms with van der Waals surface area (Å²) in [5, 5.41) is 7.71. The van der Waals surface area contributed by atoms with E-state index in [0.717, 1.165) is 43.0 Å². The highest BCUT2D eigenvalue weighted by atomic mass is 16.2. The molecule has 116 valence electrons. The predicted molar refractivity (Wildman–Crippen MR) is 87.2 cm³/mol. The summed E-state index contributed by atoms with van der Waals surface area (Å²) >= 11 is 0. The Bertz CT molecular complexity index is 644. The molecular formula is C17H22N4O. The van der Waals surface area contributed by atoms with E-state index in [-0.39, 0.29) is 5.91 Å². The van der Waals surface area contributed by atoms with Gasteiger partial charge in [0.15, 0.2) is 0 Å². The fraction of sp³-hybridized carbons (Fsp3) is 0.412. The van der Waals surface area contributed by atoms with Gasteiger partial charge in [0, 0.05) is 19.3 Å². The molecule has 3 rings (SSSR count). The third-order valence-electron chi connectivity index (χ3n) is 4.01. The van der Waals surface area contributed by atoms with Gasteiger partial charge in [-0.3, -0.25) is 4.79 Å². The molecule has 1 amide bonds. The molecule has 2 heterocycles. The molecule has 0 saturated carbocycles. The summed E-state index contributed by atoms with van der Waals surface area (Å²) in [7, 11) is 0. The summed E-state index contributed by atoms with van der Waals surface area (Å²) < 4.78 is 1.84. The van der Waals surface area contributed by atoms with Gasteiger partial charge in [-0.25, -0.2) is 4.68 Å². The number of carbonyl (C=O) groups excluding carboxylic acids is 1. The highest BCUT2D eigenvalue weighted by Gasteiger charge is 2.16. The van der Waals surface area contributed by atoms with Gasteiger partial charge in [0.25, 0.3) is 0 Å². The average Bonchev–Trinajstić information content (AvgIpc) is 3.00. The zero-order valence-corrected chi connectivity index (χ0v) is 13.0. The van der Waals surface area contributed by atoms with Gasteiger partial charge in [-0.1, -0.05) is 12.1 Å². The number of carbonyl (C=O) groups is 1. The molecule has 1 aromatic heterocycles. The van der Waals surface area contributed by atoms with Gasteiger partial charge in [-0.15, -0.1) is 0 Å². The monoisotopic (exact) mass is 298 g/mol. The van der Waals surface area contributed by atoms with Crippen molar-refractivity contribution in [3.63, 3.8) is 0 Å². The Hall–Kier alpha value is -2.30. The molecule has 22 heavy (non-hydrogen) atoms. The van der Waals surface area contributed by atoms with E-state index >= 15 is 0 Å². The first-order chi connectivity index (χ1) is 10.7. The second-order valence-corrected chi connectivity index (χ2v) is 5.71. The Morgan fingerprint density at radius 3 is 2.68 bits per heavy atom. The van der Waals surface area contributed by atoms with Crippen LogP contribution in [0.3, 0.4) is 0 Å². The molecule has 0 atom stereocenters. The summed E-state index contributed by atoms with van der Waals surface area (Å²) in [5.41, 5.74) is 2.86. The number of rotatable bonds is 4. The summed E-state index contributed by atoms with van der Waals surface area (Å²) in [5.74, 6) is 0.172. The number of anilines is 1. The highest BCUT2D eigenvalue weighted by Crippen LogP contribution is 2.19. The van der Waals surface area contributed by atoms with Gasteiger partial charge >= 0.3 is 0 Å². The van der Waals surface area contributed by atoms with Crippen molar-refractivity contribution >= 4 is 11.6 Å². The molecule has 0 aliphatic carbocycles. The number of benzene rings is 1. The maximum Gasteiger partial charge on any atom is 0.241 e. The molecule has 1 N–H and O–H groups in total. The van der Waals surface area contributed by atoms with Gasteiger partial charge < -0.3 is 10.2 Å². The van der Waals surface area contributed by atoms with E-state index in [4.69, 9.17) is 0 Å². The summed E-state index contributed by atoms with van der Waals surface area (Å²) in [6, 6.07) is 9.89. The van der Waals surface area contributed by atoms with Gasteiger partial charge in [0.1, 0.15) is 0 Å². The first-order valence-electron chi connectivity index (χ1n) is 7.87. The van der Waals surface area contributed by atoms with Crippen LogP contribution >= 0.6 is 0 Å². The number of likely N-dealkylation sites (tertiary alicyclic amines) is 1. The first-order valence-corrected chi connectivity index (χ1v) is 7.87. The van der Waals surface area contributed by atoms with Gasteiger partial charge in [0.05, 0.1) is 23.6 Å². The lowest BCUT2D eigenvalue weighted by molar-refractivity contribution is -0.130. The molecule has 1 aliphatic heterocycles. The van der Waals surface area contributed by atoms with Crippen LogP contribution in [0.25, 0.3) is 5.69 Å². The summed E-state index contributed by atoms with van der Waals surface area (Å²) in [6.45, 7) is 4.07. The zero-order chi connectivity index (χ0) is 15.4. The van der Waals surface area contributed by atoms with Gasteiger partial charge in [-0.2, -0.15) is 5.10 Å². The standard InChI is InChI=1S/C17H22N4O/c1-14-9-12-21(19-14)16-8-4-3-7-15(16)18-13-17(22)20-10-5-2-6-11-20/h3-4,7-9,12,18H,2,5-6,10-11,13H2,1H3. The quantitative estimate of drug-likeness (QED) is 0.944. The molecule has 5 heteroatoms. The number of para-hydroxylation sites is 2. The van der Waals surface area contributed by atoms with Crippen molar-refractivity contribution in [1.29, 1.82) is 0 Å². The van der Waals surface area contributed by atoms with Crippen LogP contribution in [0.4, 0.5) is 5.69 Å². The van der Waals surface area contributed by atoms with Crippen LogP contribution in [0.15, 0.2) is 36.5 Å². The Morgan fingerprint density at radius 2 is 1.95 bits per heavy atom. The maximum absolute atomic E-state index is 12.3. The van der Waals surface area contributed by atoms with Crippen LogP contribution in [0.1, 0.15) is 25.0 Å². The van der Waals surface area contributed by atoms with E-state index in [1.54, 1.807) is 0 Å². The molecule has 5 nitrogen and oxygen atoms in total. The molecule has 1 aliphatic rings. The topological polar surface area (TPSA) is 50.2 Å². The third-order valence-corrected chi connectivity index (χ3v) is 4.01. The highest BCUT2D eigenvalue weighted by molar-refractivity contribution is 5.81. The molecular weight excluding hydrogens is 276 g/mol. The Balaban J connectivity index is 1.69. The number of aromatic nitrogens is 2. The number of piperidine rings is 1. The largest absolute Gasteiger partial charge is 0.374 e. The van der Waals surface area contributed by atoms with Crippen molar-refractivity contribution in [2.45, 2.75) is 26.2 Å². The number of aryl methyl sites for hydroxylation is 1. The van der Waals surface area contributed by atoms with E-state index in [1.165, 1.54) is 6.42 Å². The molecule has 0 spiro atoms. The van der Waals surface area contributed by atoms with Crippen molar-refractivity contribution in [3.05, 3.63) is 42.2 Å². The number of amides is 1. The van der Waals surface area contributed by atoms with E-state index in [2.05, 4.69) is 10.4 Å². The van der Waals surface area contributed by atoms with Crippen molar-refractivity contribution in [3.8, 4) is 5.69 Å². The smallest absolute Gasteiger partial charge is 0.241 e. The Morgan fingerprint density at radius 1 is 1.18 bits per heavy atom. The third kappa shape index (κ3) is 3.30. The number of nitrogens with one attached hydrogen (secondary N) is 1. The van der Waals surface area contributed by atoms with E-state index in [9.17, 15) is 4.79 Å². The minimum atomic E-state index is 0.172. The van der Waals surface area contributed by atoms with Crippen molar-refractivity contribution < 1.29 is 4.79 Å². The molecule has 0 unspecified atom stereocenters. The van der Waals surface area contributed by atoms with Crippen LogP contribution in [-0.2, 0) is 4.79 Å². The molecule has 1 saturated heterocycles. The second kappa shape index (κ2) is 6.64. The zero-order valence-electron chi connectivity index (χ0n) is 13.0. The average molecular weight is 298 g/mol. The fourth-order valence-corrected chi connectivity index (χ4v) is 2.80. The fourth-order valence-electron chi connectivity index (χ4n) is 2.80. The molecule has 0 radical (unpaired) electrons. The van der Waals surface area contributed by atoms with E-state index < -0.39 is 0 Å². The molecule has 0 bridgehead atoms.